The number of aryl methyl sites for hydroxylation is 2. The van der Waals surface area contributed by atoms with Crippen LogP contribution in [0.3, 0.4) is 0 Å². The lowest BCUT2D eigenvalue weighted by atomic mass is 10.0. The van der Waals surface area contributed by atoms with Crippen LogP contribution in [-0.2, 0) is 12.8 Å². The molecular weight excluding hydrogens is 411 g/mol. The van der Waals surface area contributed by atoms with E-state index in [1.807, 2.05) is 49.4 Å². The summed E-state index contributed by atoms with van der Waals surface area (Å²) in [6.45, 7) is 4.07. The molecule has 2 aromatic carbocycles. The van der Waals surface area contributed by atoms with Crippen LogP contribution in [0.1, 0.15) is 28.8 Å². The molecule has 28 heavy (non-hydrogen) atoms. The smallest absolute Gasteiger partial charge is 0.260 e. The van der Waals surface area contributed by atoms with Gasteiger partial charge in [0.15, 0.2) is 0 Å². The average molecular weight is 429 g/mol. The normalized spacial score (nSPS) is 11.3. The van der Waals surface area contributed by atoms with E-state index in [0.717, 1.165) is 43.4 Å². The Bertz CT molecular complexity index is 1230. The summed E-state index contributed by atoms with van der Waals surface area (Å²) < 4.78 is 0. The summed E-state index contributed by atoms with van der Waals surface area (Å²) >= 11 is 13.7. The van der Waals surface area contributed by atoms with Crippen LogP contribution in [0, 0.1) is 6.92 Å². The van der Waals surface area contributed by atoms with Gasteiger partial charge in [-0.05, 0) is 54.3 Å². The Balaban J connectivity index is 1.84. The molecule has 142 valence electrons. The van der Waals surface area contributed by atoms with Crippen molar-refractivity contribution < 1.29 is 0 Å². The van der Waals surface area contributed by atoms with Gasteiger partial charge in [0.05, 0.1) is 5.39 Å². The van der Waals surface area contributed by atoms with Gasteiger partial charge in [-0.1, -0.05) is 48.3 Å². The Morgan fingerprint density at radius 3 is 2.54 bits per heavy atom. The standard InChI is InChI=1S/C22H18Cl2N2OS/c1-3-17-19(14-6-9-16(24)12(2)10-14)20-21(27)25-18(26-22(20)28-17)11-13-4-7-15(23)8-5-13/h4-10H,3,11H2,1-2H3,(H,25,26,27). The van der Waals surface area contributed by atoms with Crippen LogP contribution in [0.4, 0.5) is 0 Å². The number of nitrogens with one attached hydrogen (secondary N) is 1. The summed E-state index contributed by atoms with van der Waals surface area (Å²) in [6.07, 6.45) is 1.39. The predicted molar refractivity (Wildman–Crippen MR) is 119 cm³/mol. The fourth-order valence-corrected chi connectivity index (χ4v) is 4.73. The summed E-state index contributed by atoms with van der Waals surface area (Å²) in [5.41, 5.74) is 3.90. The first-order valence-electron chi connectivity index (χ1n) is 9.01. The van der Waals surface area contributed by atoms with Gasteiger partial charge in [-0.2, -0.15) is 0 Å². The second-order valence-electron chi connectivity index (χ2n) is 6.71. The van der Waals surface area contributed by atoms with Crippen LogP contribution in [-0.4, -0.2) is 9.97 Å². The largest absolute Gasteiger partial charge is 0.310 e. The maximum Gasteiger partial charge on any atom is 0.260 e. The van der Waals surface area contributed by atoms with Crippen molar-refractivity contribution in [3.8, 4) is 11.1 Å². The predicted octanol–water partition coefficient (Wildman–Crippen LogP) is 6.42. The van der Waals surface area contributed by atoms with Gasteiger partial charge in [-0.25, -0.2) is 4.98 Å². The Morgan fingerprint density at radius 1 is 1.11 bits per heavy atom. The topological polar surface area (TPSA) is 45.8 Å². The average Bonchev–Trinajstić information content (AvgIpc) is 3.05. The fraction of sp³-hybridized carbons (Fsp3) is 0.182. The number of fused-ring (bicyclic) bond motifs is 1. The molecule has 3 nitrogen and oxygen atoms in total. The maximum absolute atomic E-state index is 13.0. The van der Waals surface area contributed by atoms with Crippen molar-refractivity contribution in [3.63, 3.8) is 0 Å². The number of aromatic nitrogens is 2. The Kier molecular flexibility index (Phi) is 5.28. The third-order valence-corrected chi connectivity index (χ3v) is 6.64. The van der Waals surface area contributed by atoms with Gasteiger partial charge in [0.1, 0.15) is 10.7 Å². The van der Waals surface area contributed by atoms with Crippen molar-refractivity contribution in [1.82, 2.24) is 9.97 Å². The lowest BCUT2D eigenvalue weighted by Crippen LogP contribution is -2.11. The minimum absolute atomic E-state index is 0.104. The van der Waals surface area contributed by atoms with E-state index in [-0.39, 0.29) is 5.56 Å². The molecule has 4 aromatic rings. The number of benzene rings is 2. The summed E-state index contributed by atoms with van der Waals surface area (Å²) in [4.78, 5) is 22.6. The number of nitrogens with zero attached hydrogens (tertiary/aromatic N) is 1. The summed E-state index contributed by atoms with van der Waals surface area (Å²) in [6, 6.07) is 13.5. The SMILES string of the molecule is CCc1sc2nc(Cc3ccc(Cl)cc3)[nH]c(=O)c2c1-c1ccc(Cl)c(C)c1. The highest BCUT2D eigenvalue weighted by Gasteiger charge is 2.18. The van der Waals surface area contributed by atoms with Crippen molar-refractivity contribution in [2.24, 2.45) is 0 Å². The Labute approximate surface area is 177 Å². The molecule has 6 heteroatoms. The minimum Gasteiger partial charge on any atom is -0.310 e. The zero-order chi connectivity index (χ0) is 19.8. The molecule has 0 amide bonds. The molecule has 0 aliphatic carbocycles. The van der Waals surface area contributed by atoms with E-state index in [1.54, 1.807) is 11.3 Å². The van der Waals surface area contributed by atoms with Crippen LogP contribution >= 0.6 is 34.5 Å². The van der Waals surface area contributed by atoms with Crippen LogP contribution in [0.5, 0.6) is 0 Å². The van der Waals surface area contributed by atoms with Gasteiger partial charge in [-0.3, -0.25) is 4.79 Å². The van der Waals surface area contributed by atoms with Gasteiger partial charge >= 0.3 is 0 Å². The zero-order valence-corrected chi connectivity index (χ0v) is 17.8. The van der Waals surface area contributed by atoms with Gasteiger partial charge in [0.25, 0.3) is 5.56 Å². The highest BCUT2D eigenvalue weighted by molar-refractivity contribution is 7.19. The van der Waals surface area contributed by atoms with E-state index in [4.69, 9.17) is 28.2 Å². The molecule has 0 radical (unpaired) electrons. The van der Waals surface area contributed by atoms with Crippen molar-refractivity contribution in [1.29, 1.82) is 0 Å². The highest BCUT2D eigenvalue weighted by atomic mass is 35.5. The van der Waals surface area contributed by atoms with Gasteiger partial charge < -0.3 is 4.98 Å². The van der Waals surface area contributed by atoms with Gasteiger partial charge in [0.2, 0.25) is 0 Å². The van der Waals surface area contributed by atoms with E-state index in [0.29, 0.717) is 22.7 Å². The molecule has 4 rings (SSSR count). The molecule has 2 aromatic heterocycles. The number of halogens is 2. The molecule has 0 aliphatic heterocycles. The van der Waals surface area contributed by atoms with Crippen LogP contribution in [0.15, 0.2) is 47.3 Å². The number of hydrogen-bond acceptors (Lipinski definition) is 3. The number of H-pyrrole nitrogens is 1. The van der Waals surface area contributed by atoms with Crippen molar-refractivity contribution in [2.45, 2.75) is 26.7 Å². The molecule has 0 saturated carbocycles. The fourth-order valence-electron chi connectivity index (χ4n) is 3.33. The van der Waals surface area contributed by atoms with Gasteiger partial charge in [0, 0.05) is 26.9 Å². The Morgan fingerprint density at radius 2 is 1.86 bits per heavy atom. The lowest BCUT2D eigenvalue weighted by molar-refractivity contribution is 0.977. The zero-order valence-electron chi connectivity index (χ0n) is 15.5. The lowest BCUT2D eigenvalue weighted by Gasteiger charge is -2.06. The van der Waals surface area contributed by atoms with E-state index >= 15 is 0 Å². The highest BCUT2D eigenvalue weighted by Crippen LogP contribution is 2.37. The number of hydrogen-bond donors (Lipinski definition) is 1. The van der Waals surface area contributed by atoms with Crippen LogP contribution < -0.4 is 5.56 Å². The Hall–Kier alpha value is -2.14. The van der Waals surface area contributed by atoms with Crippen molar-refractivity contribution in [2.75, 3.05) is 0 Å². The molecular formula is C22H18Cl2N2OS. The minimum atomic E-state index is -0.104. The molecule has 0 fully saturated rings. The van der Waals surface area contributed by atoms with Crippen molar-refractivity contribution in [3.05, 3.63) is 84.7 Å². The molecule has 0 unspecified atom stereocenters. The number of aromatic amines is 1. The summed E-state index contributed by atoms with van der Waals surface area (Å²) in [7, 11) is 0. The van der Waals surface area contributed by atoms with E-state index in [1.165, 1.54) is 0 Å². The summed E-state index contributed by atoms with van der Waals surface area (Å²) in [5, 5.41) is 2.07. The van der Waals surface area contributed by atoms with Gasteiger partial charge in [-0.15, -0.1) is 11.3 Å². The molecule has 0 spiro atoms. The first-order chi connectivity index (χ1) is 13.5. The number of rotatable bonds is 4. The molecule has 0 aliphatic rings. The summed E-state index contributed by atoms with van der Waals surface area (Å²) in [5.74, 6) is 0.655. The molecule has 1 N–H and O–H groups in total. The third kappa shape index (κ3) is 3.60. The molecule has 0 atom stereocenters. The number of thiophene rings is 1. The first-order valence-corrected chi connectivity index (χ1v) is 10.6. The van der Waals surface area contributed by atoms with E-state index in [9.17, 15) is 4.79 Å². The third-order valence-electron chi connectivity index (χ3n) is 4.74. The quantitative estimate of drug-likeness (QED) is 0.407. The molecule has 0 bridgehead atoms. The van der Waals surface area contributed by atoms with E-state index < -0.39 is 0 Å². The van der Waals surface area contributed by atoms with E-state index in [2.05, 4.69) is 11.9 Å². The van der Waals surface area contributed by atoms with Crippen LogP contribution in [0.25, 0.3) is 21.3 Å². The second-order valence-corrected chi connectivity index (χ2v) is 8.64. The second kappa shape index (κ2) is 7.70. The maximum atomic E-state index is 13.0. The molecule has 0 saturated heterocycles. The van der Waals surface area contributed by atoms with Crippen LogP contribution in [0.2, 0.25) is 10.0 Å². The first kappa shape index (κ1) is 19.2. The monoisotopic (exact) mass is 428 g/mol. The van der Waals surface area contributed by atoms with Crippen molar-refractivity contribution >= 4 is 44.8 Å². The molecule has 2 heterocycles.